The predicted octanol–water partition coefficient (Wildman–Crippen LogP) is 6.38. The van der Waals surface area contributed by atoms with Gasteiger partial charge >= 0.3 is 6.18 Å². The summed E-state index contributed by atoms with van der Waals surface area (Å²) in [5.74, 6) is -1.71. The second-order valence-corrected chi connectivity index (χ2v) is 12.4. The van der Waals surface area contributed by atoms with Crippen LogP contribution in [0.4, 0.5) is 23.2 Å². The number of amides is 1. The van der Waals surface area contributed by atoms with Gasteiger partial charge in [0.2, 0.25) is 0 Å². The summed E-state index contributed by atoms with van der Waals surface area (Å²) in [6.45, 7) is 5.41. The van der Waals surface area contributed by atoms with Gasteiger partial charge in [-0.25, -0.2) is 18.0 Å². The monoisotopic (exact) mass is 597 g/mol. The lowest BCUT2D eigenvalue weighted by Crippen LogP contribution is -2.36. The normalized spacial score (nSPS) is 13.3. The molecule has 0 spiro atoms. The standard InChI is InChI=1S/C30H27F4N5O2S/c1-29(2,3)42(41)38-27(20-9-5-4-6-10-20)21-12-13-24(31)25(15-21)36-28(40)26-16-22(17-30(32,33)34)37-39(26)23-11-7-8-19(14-23)18-35/h4-16,27,38H,17H2,1-3H3,(H,36,40)/t27?,42-/m1/s1. The maximum Gasteiger partial charge on any atom is 0.394 e. The molecular formula is C30H27F4N5O2S. The molecule has 7 nitrogen and oxygen atoms in total. The molecule has 0 fully saturated rings. The summed E-state index contributed by atoms with van der Waals surface area (Å²) in [5, 5.41) is 15.7. The Labute approximate surface area is 242 Å². The fourth-order valence-electron chi connectivity index (χ4n) is 4.05. The van der Waals surface area contributed by atoms with Crippen LogP contribution in [0.2, 0.25) is 0 Å². The molecule has 0 radical (unpaired) electrons. The highest BCUT2D eigenvalue weighted by molar-refractivity contribution is 7.84. The molecule has 12 heteroatoms. The fourth-order valence-corrected chi connectivity index (χ4v) is 4.89. The third kappa shape index (κ3) is 7.48. The van der Waals surface area contributed by atoms with Gasteiger partial charge in [0.1, 0.15) is 11.5 Å². The molecule has 2 atom stereocenters. The summed E-state index contributed by atoms with van der Waals surface area (Å²) in [7, 11) is -1.51. The average Bonchev–Trinajstić information content (AvgIpc) is 3.35. The van der Waals surface area contributed by atoms with Crippen molar-refractivity contribution in [1.82, 2.24) is 14.5 Å². The van der Waals surface area contributed by atoms with E-state index in [9.17, 15) is 27.4 Å². The predicted molar refractivity (Wildman–Crippen MR) is 152 cm³/mol. The first-order chi connectivity index (χ1) is 19.7. The molecule has 4 aromatic rings. The number of rotatable bonds is 8. The van der Waals surface area contributed by atoms with Crippen molar-refractivity contribution in [2.45, 2.75) is 44.2 Å². The van der Waals surface area contributed by atoms with E-state index in [2.05, 4.69) is 15.1 Å². The molecule has 0 bridgehead atoms. The zero-order chi connectivity index (χ0) is 30.7. The molecule has 1 amide bonds. The Hall–Kier alpha value is -4.34. The highest BCUT2D eigenvalue weighted by Crippen LogP contribution is 2.29. The zero-order valence-electron chi connectivity index (χ0n) is 22.9. The number of hydrogen-bond acceptors (Lipinski definition) is 4. The van der Waals surface area contributed by atoms with Gasteiger partial charge in [-0.2, -0.15) is 23.5 Å². The van der Waals surface area contributed by atoms with Gasteiger partial charge < -0.3 is 5.32 Å². The summed E-state index contributed by atoms with van der Waals surface area (Å²) >= 11 is 0. The molecule has 0 saturated heterocycles. The molecule has 3 aromatic carbocycles. The molecular weight excluding hydrogens is 570 g/mol. The number of nitriles is 1. The molecule has 0 aliphatic rings. The zero-order valence-corrected chi connectivity index (χ0v) is 23.7. The van der Waals surface area contributed by atoms with E-state index in [1.54, 1.807) is 32.9 Å². The molecule has 1 unspecified atom stereocenters. The second kappa shape index (κ2) is 12.3. The van der Waals surface area contributed by atoms with Crippen molar-refractivity contribution in [1.29, 1.82) is 5.26 Å². The lowest BCUT2D eigenvalue weighted by Gasteiger charge is -2.25. The van der Waals surface area contributed by atoms with Gasteiger partial charge in [-0.15, -0.1) is 0 Å². The molecule has 2 N–H and O–H groups in total. The number of nitrogens with one attached hydrogen (secondary N) is 2. The number of nitrogens with zero attached hydrogens (tertiary/aromatic N) is 3. The van der Waals surface area contributed by atoms with Gasteiger partial charge in [0.05, 0.1) is 56.9 Å². The molecule has 218 valence electrons. The van der Waals surface area contributed by atoms with Crippen molar-refractivity contribution in [3.63, 3.8) is 0 Å². The van der Waals surface area contributed by atoms with Crippen molar-refractivity contribution < 1.29 is 26.6 Å². The minimum atomic E-state index is -4.59. The third-order valence-corrected chi connectivity index (χ3v) is 7.64. The van der Waals surface area contributed by atoms with E-state index in [-0.39, 0.29) is 22.6 Å². The number of halogens is 4. The summed E-state index contributed by atoms with van der Waals surface area (Å²) in [5.41, 5.74) is 0.660. The van der Waals surface area contributed by atoms with Crippen LogP contribution in [0.15, 0.2) is 78.9 Å². The Morgan fingerprint density at radius 2 is 1.71 bits per heavy atom. The van der Waals surface area contributed by atoms with Crippen LogP contribution >= 0.6 is 0 Å². The van der Waals surface area contributed by atoms with Gasteiger partial charge in [0.15, 0.2) is 0 Å². The number of carbonyl (C=O) groups excluding carboxylic acids is 1. The molecule has 4 rings (SSSR count). The van der Waals surface area contributed by atoms with Crippen molar-refractivity contribution in [2.75, 3.05) is 5.32 Å². The Morgan fingerprint density at radius 3 is 2.36 bits per heavy atom. The summed E-state index contributed by atoms with van der Waals surface area (Å²) < 4.78 is 70.9. The van der Waals surface area contributed by atoms with E-state index in [4.69, 9.17) is 0 Å². The first kappa shape index (κ1) is 30.6. The van der Waals surface area contributed by atoms with Crippen LogP contribution in [0.1, 0.15) is 59.7 Å². The van der Waals surface area contributed by atoms with Gasteiger partial charge in [0.25, 0.3) is 5.91 Å². The summed E-state index contributed by atoms with van der Waals surface area (Å²) in [6, 6.07) is 21.2. The van der Waals surface area contributed by atoms with Crippen LogP contribution in [0, 0.1) is 17.1 Å². The average molecular weight is 598 g/mol. The van der Waals surface area contributed by atoms with E-state index >= 15 is 4.39 Å². The van der Waals surface area contributed by atoms with Crippen molar-refractivity contribution in [3.8, 4) is 11.8 Å². The van der Waals surface area contributed by atoms with Gasteiger partial charge in [0, 0.05) is 0 Å². The van der Waals surface area contributed by atoms with Crippen LogP contribution in [-0.4, -0.2) is 30.8 Å². The van der Waals surface area contributed by atoms with Crippen LogP contribution in [-0.2, 0) is 17.4 Å². The smallest absolute Gasteiger partial charge is 0.318 e. The molecule has 1 heterocycles. The fraction of sp³-hybridized carbons (Fsp3) is 0.233. The minimum absolute atomic E-state index is 0.180. The maximum absolute atomic E-state index is 15.0. The highest BCUT2D eigenvalue weighted by atomic mass is 32.2. The van der Waals surface area contributed by atoms with E-state index in [0.717, 1.165) is 22.4 Å². The van der Waals surface area contributed by atoms with E-state index in [1.165, 1.54) is 36.4 Å². The molecule has 0 aliphatic heterocycles. The van der Waals surface area contributed by atoms with Crippen LogP contribution in [0.3, 0.4) is 0 Å². The minimum Gasteiger partial charge on any atom is -0.318 e. The second-order valence-electron chi connectivity index (χ2n) is 10.4. The van der Waals surface area contributed by atoms with E-state index in [0.29, 0.717) is 5.56 Å². The third-order valence-electron chi connectivity index (χ3n) is 6.08. The lowest BCUT2D eigenvalue weighted by atomic mass is 9.99. The highest BCUT2D eigenvalue weighted by Gasteiger charge is 2.31. The van der Waals surface area contributed by atoms with Crippen molar-refractivity contribution >= 4 is 22.6 Å². The molecule has 42 heavy (non-hydrogen) atoms. The van der Waals surface area contributed by atoms with E-state index < -0.39 is 51.8 Å². The Balaban J connectivity index is 1.73. The first-order valence-corrected chi connectivity index (χ1v) is 13.9. The van der Waals surface area contributed by atoms with Gasteiger partial charge in [-0.3, -0.25) is 4.79 Å². The quantitative estimate of drug-likeness (QED) is 0.230. The Kier molecular flexibility index (Phi) is 8.94. The topological polar surface area (TPSA) is 99.8 Å². The Morgan fingerprint density at radius 1 is 1.00 bits per heavy atom. The SMILES string of the molecule is CC(C)(C)[S@@](=O)NC(c1ccccc1)c1ccc(F)c(NC(=O)c2cc(CC(F)(F)F)nn2-c2cccc(C#N)c2)c1. The van der Waals surface area contributed by atoms with Crippen LogP contribution in [0.5, 0.6) is 0 Å². The molecule has 0 aliphatic carbocycles. The first-order valence-electron chi connectivity index (χ1n) is 12.7. The number of alkyl halides is 3. The van der Waals surface area contributed by atoms with Gasteiger partial charge in [-0.1, -0.05) is 42.5 Å². The van der Waals surface area contributed by atoms with Crippen LogP contribution < -0.4 is 10.0 Å². The number of carbonyl (C=O) groups is 1. The van der Waals surface area contributed by atoms with Crippen LogP contribution in [0.25, 0.3) is 5.69 Å². The number of aromatic nitrogens is 2. The molecule has 1 aromatic heterocycles. The van der Waals surface area contributed by atoms with Crippen molar-refractivity contribution in [3.05, 3.63) is 113 Å². The number of anilines is 1. The maximum atomic E-state index is 15.0. The van der Waals surface area contributed by atoms with Gasteiger partial charge in [-0.05, 0) is 68.3 Å². The summed E-state index contributed by atoms with van der Waals surface area (Å²) in [4.78, 5) is 13.4. The number of hydrogen-bond donors (Lipinski definition) is 2. The van der Waals surface area contributed by atoms with E-state index in [1.807, 2.05) is 24.3 Å². The van der Waals surface area contributed by atoms with Crippen molar-refractivity contribution in [2.24, 2.45) is 0 Å². The number of benzene rings is 3. The largest absolute Gasteiger partial charge is 0.394 e. The molecule has 0 saturated carbocycles. The summed E-state index contributed by atoms with van der Waals surface area (Å²) in [6.07, 6.45) is -5.98. The Bertz CT molecular complexity index is 1660. The lowest BCUT2D eigenvalue weighted by molar-refractivity contribution is -0.127.